The van der Waals surface area contributed by atoms with Gasteiger partial charge in [-0.2, -0.15) is 4.68 Å². The average molecular weight is 406 g/mol. The maximum absolute atomic E-state index is 15.2. The largest absolute Gasteiger partial charge is 0.396 e. The zero-order valence-electron chi connectivity index (χ0n) is 16.5. The van der Waals surface area contributed by atoms with Gasteiger partial charge >= 0.3 is 5.69 Å². The molecular weight excluding hydrogens is 379 g/mol. The van der Waals surface area contributed by atoms with Gasteiger partial charge in [0.1, 0.15) is 5.82 Å². The Morgan fingerprint density at radius 3 is 2.24 bits per heavy atom. The number of nitrogen functional groups attached to an aromatic ring is 1. The molecule has 1 saturated heterocycles. The number of hydrogen-bond donors (Lipinski definition) is 3. The summed E-state index contributed by atoms with van der Waals surface area (Å²) in [5, 5.41) is 18.8. The van der Waals surface area contributed by atoms with Crippen molar-refractivity contribution in [3.8, 4) is 0 Å². The lowest BCUT2D eigenvalue weighted by molar-refractivity contribution is 0.210. The molecule has 0 radical (unpaired) electrons. The first-order valence-electron chi connectivity index (χ1n) is 10.1. The van der Waals surface area contributed by atoms with E-state index in [9.17, 15) is 19.8 Å². The van der Waals surface area contributed by atoms with Gasteiger partial charge in [0.15, 0.2) is 0 Å². The normalized spacial score (nSPS) is 22.0. The molecule has 4 rings (SSSR count). The van der Waals surface area contributed by atoms with Crippen molar-refractivity contribution in [3.63, 3.8) is 0 Å². The zero-order chi connectivity index (χ0) is 20.9. The fourth-order valence-electron chi connectivity index (χ4n) is 4.83. The summed E-state index contributed by atoms with van der Waals surface area (Å²) in [5.41, 5.74) is 0.0967. The van der Waals surface area contributed by atoms with Crippen LogP contribution in [0.2, 0.25) is 0 Å². The van der Waals surface area contributed by atoms with Crippen molar-refractivity contribution in [1.29, 1.82) is 0 Å². The fourth-order valence-corrected chi connectivity index (χ4v) is 4.83. The molecule has 2 heterocycles. The third-order valence-electron chi connectivity index (χ3n) is 6.37. The van der Waals surface area contributed by atoms with E-state index in [1.54, 1.807) is 6.92 Å². The predicted molar refractivity (Wildman–Crippen MR) is 108 cm³/mol. The van der Waals surface area contributed by atoms with Crippen molar-refractivity contribution in [3.05, 3.63) is 38.3 Å². The second-order valence-electron chi connectivity index (χ2n) is 8.24. The second kappa shape index (κ2) is 7.46. The first kappa shape index (κ1) is 19.9. The highest BCUT2D eigenvalue weighted by Crippen LogP contribution is 2.40. The van der Waals surface area contributed by atoms with Gasteiger partial charge in [-0.05, 0) is 50.5 Å². The number of aliphatic hydroxyl groups excluding tert-OH is 2. The summed E-state index contributed by atoms with van der Waals surface area (Å²) in [7, 11) is 0. The third-order valence-corrected chi connectivity index (χ3v) is 6.37. The van der Waals surface area contributed by atoms with E-state index < -0.39 is 17.1 Å². The number of benzene rings is 1. The molecule has 1 saturated carbocycles. The molecule has 0 spiro atoms. The van der Waals surface area contributed by atoms with Crippen LogP contribution in [-0.2, 0) is 0 Å². The Balaban J connectivity index is 1.88. The first-order valence-corrected chi connectivity index (χ1v) is 10.1. The van der Waals surface area contributed by atoms with Crippen LogP contribution >= 0.6 is 0 Å². The fraction of sp³-hybridized carbons (Fsp3) is 0.600. The van der Waals surface area contributed by atoms with E-state index in [4.69, 9.17) is 5.84 Å². The van der Waals surface area contributed by atoms with Gasteiger partial charge in [0.05, 0.1) is 16.6 Å². The van der Waals surface area contributed by atoms with Gasteiger partial charge in [-0.1, -0.05) is 0 Å². The van der Waals surface area contributed by atoms with Crippen LogP contribution in [0.15, 0.2) is 15.7 Å². The number of halogens is 1. The highest BCUT2D eigenvalue weighted by Gasteiger charge is 2.35. The summed E-state index contributed by atoms with van der Waals surface area (Å²) in [4.78, 5) is 27.1. The van der Waals surface area contributed by atoms with Gasteiger partial charge in [-0.15, -0.1) is 0 Å². The molecule has 0 bridgehead atoms. The number of anilines is 1. The number of nitrogens with two attached hydrogens (primary N) is 1. The first-order chi connectivity index (χ1) is 13.9. The van der Waals surface area contributed by atoms with Gasteiger partial charge < -0.3 is 21.0 Å². The molecule has 4 N–H and O–H groups in total. The minimum atomic E-state index is -0.701. The highest BCUT2D eigenvalue weighted by atomic mass is 19.1. The minimum absolute atomic E-state index is 0.0275. The number of nitrogens with zero attached hydrogens (tertiary/aromatic N) is 3. The van der Waals surface area contributed by atoms with Gasteiger partial charge in [0.25, 0.3) is 5.56 Å². The third kappa shape index (κ3) is 3.22. The number of aromatic nitrogens is 2. The average Bonchev–Trinajstić information content (AvgIpc) is 3.44. The van der Waals surface area contributed by atoms with Crippen LogP contribution in [-0.4, -0.2) is 45.8 Å². The van der Waals surface area contributed by atoms with Crippen LogP contribution in [0.25, 0.3) is 10.9 Å². The molecule has 2 aliphatic rings. The molecule has 0 amide bonds. The number of fused-ring (bicyclic) bond motifs is 1. The van der Waals surface area contributed by atoms with E-state index in [1.165, 1.54) is 10.6 Å². The molecule has 2 aromatic rings. The van der Waals surface area contributed by atoms with Crippen LogP contribution in [0.4, 0.5) is 10.1 Å². The molecule has 1 aliphatic carbocycles. The summed E-state index contributed by atoms with van der Waals surface area (Å²) < 4.78 is 17.3. The lowest BCUT2D eigenvalue weighted by atomic mass is 9.91. The van der Waals surface area contributed by atoms with Crippen LogP contribution in [0.1, 0.15) is 37.3 Å². The van der Waals surface area contributed by atoms with Crippen molar-refractivity contribution in [2.75, 3.05) is 37.0 Å². The summed E-state index contributed by atoms with van der Waals surface area (Å²) in [6.07, 6.45) is 2.81. The molecule has 1 aliphatic heterocycles. The van der Waals surface area contributed by atoms with E-state index in [-0.39, 0.29) is 36.5 Å². The number of rotatable bonds is 6. The van der Waals surface area contributed by atoms with Crippen LogP contribution < -0.4 is 22.0 Å². The van der Waals surface area contributed by atoms with E-state index in [2.05, 4.69) is 0 Å². The van der Waals surface area contributed by atoms with Crippen LogP contribution in [0, 0.1) is 24.6 Å². The molecule has 158 valence electrons. The number of aliphatic hydroxyl groups is 2. The Morgan fingerprint density at radius 2 is 1.72 bits per heavy atom. The van der Waals surface area contributed by atoms with E-state index in [1.807, 2.05) is 4.90 Å². The maximum atomic E-state index is 15.2. The summed E-state index contributed by atoms with van der Waals surface area (Å²) in [6.45, 7) is 2.92. The Kier molecular flexibility index (Phi) is 5.12. The Bertz CT molecular complexity index is 1050. The molecule has 2 atom stereocenters. The molecule has 29 heavy (non-hydrogen) atoms. The van der Waals surface area contributed by atoms with Crippen molar-refractivity contribution in [2.24, 2.45) is 11.8 Å². The Hall–Kier alpha value is -2.39. The molecule has 2 unspecified atom stereocenters. The van der Waals surface area contributed by atoms with E-state index in [0.29, 0.717) is 47.4 Å². The summed E-state index contributed by atoms with van der Waals surface area (Å²) in [6, 6.07) is 1.16. The smallest absolute Gasteiger partial charge is 0.350 e. The summed E-state index contributed by atoms with van der Waals surface area (Å²) >= 11 is 0. The molecule has 2 fully saturated rings. The van der Waals surface area contributed by atoms with E-state index >= 15 is 4.39 Å². The predicted octanol–water partition coefficient (Wildman–Crippen LogP) is 0.477. The Labute approximate surface area is 166 Å². The quantitative estimate of drug-likeness (QED) is 0.601. The Morgan fingerprint density at radius 1 is 1.14 bits per heavy atom. The zero-order valence-corrected chi connectivity index (χ0v) is 16.5. The van der Waals surface area contributed by atoms with Crippen LogP contribution in [0.3, 0.4) is 0 Å². The lowest BCUT2D eigenvalue weighted by Gasteiger charge is -2.24. The number of aryl methyl sites for hydroxylation is 1. The van der Waals surface area contributed by atoms with Crippen molar-refractivity contribution in [1.82, 2.24) is 9.24 Å². The summed E-state index contributed by atoms with van der Waals surface area (Å²) in [5.74, 6) is 5.43. The molecule has 8 nitrogen and oxygen atoms in total. The number of hydrogen-bond acceptors (Lipinski definition) is 6. The lowest BCUT2D eigenvalue weighted by Crippen LogP contribution is -2.44. The molecular formula is C20H27FN4O4. The van der Waals surface area contributed by atoms with Crippen molar-refractivity contribution in [2.45, 2.75) is 38.6 Å². The van der Waals surface area contributed by atoms with Crippen molar-refractivity contribution >= 4 is 16.6 Å². The standard InChI is InChI=1S/C20H27FN4O4/c1-11-17-15(19(28)25(22)20(29)24(17)14-2-3-14)8-16(21)18(11)23-9-12(4-6-26)13(10-23)5-7-27/h8,12-14,26-27H,2-7,9-10,22H2,1H3. The molecule has 1 aromatic heterocycles. The van der Waals surface area contributed by atoms with Gasteiger partial charge in [0, 0.05) is 37.9 Å². The molecule has 1 aromatic carbocycles. The highest BCUT2D eigenvalue weighted by molar-refractivity contribution is 5.87. The van der Waals surface area contributed by atoms with Gasteiger partial charge in [-0.3, -0.25) is 9.36 Å². The second-order valence-corrected chi connectivity index (χ2v) is 8.24. The van der Waals surface area contributed by atoms with E-state index in [0.717, 1.165) is 12.8 Å². The van der Waals surface area contributed by atoms with Crippen LogP contribution in [0.5, 0.6) is 0 Å². The van der Waals surface area contributed by atoms with Gasteiger partial charge in [0.2, 0.25) is 0 Å². The topological polar surface area (TPSA) is 114 Å². The van der Waals surface area contributed by atoms with Crippen molar-refractivity contribution < 1.29 is 14.6 Å². The maximum Gasteiger partial charge on any atom is 0.350 e. The minimum Gasteiger partial charge on any atom is -0.396 e. The SMILES string of the molecule is Cc1c(N2CC(CCO)C(CCO)C2)c(F)cc2c(=O)n(N)c(=O)n(C3CC3)c12. The molecule has 9 heteroatoms. The monoisotopic (exact) mass is 406 g/mol. The van der Waals surface area contributed by atoms with Gasteiger partial charge in [-0.25, -0.2) is 9.18 Å².